The zero-order valence-corrected chi connectivity index (χ0v) is 9.28. The molecule has 0 saturated carbocycles. The Balaban J connectivity index is 2.79. The highest BCUT2D eigenvalue weighted by atomic mass is 19.4. The van der Waals surface area contributed by atoms with E-state index in [1.54, 1.807) is 0 Å². The van der Waals surface area contributed by atoms with Crippen LogP contribution in [0.25, 0.3) is 0 Å². The number of alkyl halides is 3. The Morgan fingerprint density at radius 1 is 1.35 bits per heavy atom. The van der Waals surface area contributed by atoms with E-state index < -0.39 is 17.5 Å². The van der Waals surface area contributed by atoms with E-state index in [0.29, 0.717) is 0 Å². The van der Waals surface area contributed by atoms with Gasteiger partial charge < -0.3 is 9.47 Å². The van der Waals surface area contributed by atoms with E-state index in [-0.39, 0.29) is 12.5 Å². The van der Waals surface area contributed by atoms with Crippen LogP contribution in [0.4, 0.5) is 13.2 Å². The van der Waals surface area contributed by atoms with Crippen molar-refractivity contribution < 1.29 is 22.8 Å². The molecule has 0 saturated heterocycles. The standard InChI is InChI=1S/C10H11F3N2O2/c1-14(2)8(16)6-15-4-3-7(5-15)9(17)10(11,12)13/h3-5H,6H2,1-2H3. The van der Waals surface area contributed by atoms with Gasteiger partial charge in [-0.2, -0.15) is 13.2 Å². The summed E-state index contributed by atoms with van der Waals surface area (Å²) in [5.74, 6) is -2.18. The zero-order valence-electron chi connectivity index (χ0n) is 9.28. The lowest BCUT2D eigenvalue weighted by Gasteiger charge is -2.10. The Morgan fingerprint density at radius 2 is 1.94 bits per heavy atom. The van der Waals surface area contributed by atoms with E-state index in [2.05, 4.69) is 0 Å². The highest BCUT2D eigenvalue weighted by Crippen LogP contribution is 2.21. The van der Waals surface area contributed by atoms with Crippen molar-refractivity contribution in [3.63, 3.8) is 0 Å². The molecule has 0 bridgehead atoms. The minimum absolute atomic E-state index is 0.0991. The molecule has 0 aromatic carbocycles. The number of hydrogen-bond acceptors (Lipinski definition) is 2. The number of ketones is 1. The fraction of sp³-hybridized carbons (Fsp3) is 0.400. The molecule has 17 heavy (non-hydrogen) atoms. The molecule has 0 aliphatic heterocycles. The van der Waals surface area contributed by atoms with Crippen molar-refractivity contribution in [1.29, 1.82) is 0 Å². The third-order valence-corrected chi connectivity index (χ3v) is 2.09. The second-order valence-corrected chi connectivity index (χ2v) is 3.69. The fourth-order valence-corrected chi connectivity index (χ4v) is 1.13. The maximum absolute atomic E-state index is 12.1. The number of Topliss-reactive ketones (excluding diaryl/α,β-unsaturated/α-hetero) is 1. The summed E-state index contributed by atoms with van der Waals surface area (Å²) in [6, 6.07) is 1.04. The molecule has 0 fully saturated rings. The van der Waals surface area contributed by atoms with Crippen LogP contribution >= 0.6 is 0 Å². The van der Waals surface area contributed by atoms with Gasteiger partial charge in [0.05, 0.1) is 0 Å². The first-order valence-electron chi connectivity index (χ1n) is 4.69. The average molecular weight is 248 g/mol. The maximum atomic E-state index is 12.1. The van der Waals surface area contributed by atoms with Crippen molar-refractivity contribution in [2.75, 3.05) is 14.1 Å². The van der Waals surface area contributed by atoms with Crippen molar-refractivity contribution in [2.24, 2.45) is 0 Å². The van der Waals surface area contributed by atoms with Crippen LogP contribution < -0.4 is 0 Å². The van der Waals surface area contributed by atoms with Gasteiger partial charge in [-0.05, 0) is 6.07 Å². The number of hydrogen-bond donors (Lipinski definition) is 0. The predicted octanol–water partition coefficient (Wildman–Crippen LogP) is 1.32. The Morgan fingerprint density at radius 3 is 2.41 bits per heavy atom. The van der Waals surface area contributed by atoms with Crippen LogP contribution in [0.5, 0.6) is 0 Å². The molecule has 1 aromatic heterocycles. The van der Waals surface area contributed by atoms with Gasteiger partial charge in [-0.15, -0.1) is 0 Å². The average Bonchev–Trinajstić information content (AvgIpc) is 2.63. The van der Waals surface area contributed by atoms with Crippen LogP contribution in [0.2, 0.25) is 0 Å². The summed E-state index contributed by atoms with van der Waals surface area (Å²) in [4.78, 5) is 23.5. The van der Waals surface area contributed by atoms with Crippen molar-refractivity contribution in [3.8, 4) is 0 Å². The lowest BCUT2D eigenvalue weighted by molar-refractivity contribution is -0.129. The van der Waals surface area contributed by atoms with Crippen LogP contribution in [-0.4, -0.2) is 41.4 Å². The maximum Gasteiger partial charge on any atom is 0.454 e. The molecule has 0 atom stereocenters. The Kier molecular flexibility index (Phi) is 3.59. The highest BCUT2D eigenvalue weighted by molar-refractivity contribution is 6.00. The molecule has 0 unspecified atom stereocenters. The quantitative estimate of drug-likeness (QED) is 0.757. The van der Waals surface area contributed by atoms with E-state index in [1.165, 1.54) is 29.8 Å². The molecule has 0 aliphatic rings. The van der Waals surface area contributed by atoms with Gasteiger partial charge in [0.25, 0.3) is 5.78 Å². The number of nitrogens with zero attached hydrogens (tertiary/aromatic N) is 2. The van der Waals surface area contributed by atoms with Gasteiger partial charge in [-0.3, -0.25) is 9.59 Å². The minimum Gasteiger partial charge on any atom is -0.347 e. The third kappa shape index (κ3) is 3.33. The van der Waals surface area contributed by atoms with E-state index in [4.69, 9.17) is 0 Å². The summed E-state index contributed by atoms with van der Waals surface area (Å²) < 4.78 is 37.5. The molecule has 0 aliphatic carbocycles. The molecule has 1 rings (SSSR count). The fourth-order valence-electron chi connectivity index (χ4n) is 1.13. The first-order chi connectivity index (χ1) is 7.71. The van der Waals surface area contributed by atoms with Gasteiger partial charge in [0.15, 0.2) is 0 Å². The zero-order chi connectivity index (χ0) is 13.2. The molecule has 0 radical (unpaired) electrons. The lowest BCUT2D eigenvalue weighted by Crippen LogP contribution is -2.26. The second-order valence-electron chi connectivity index (χ2n) is 3.69. The molecule has 0 N–H and O–H groups in total. The first kappa shape index (κ1) is 13.3. The highest BCUT2D eigenvalue weighted by Gasteiger charge is 2.39. The summed E-state index contributed by atoms with van der Waals surface area (Å²) >= 11 is 0. The SMILES string of the molecule is CN(C)C(=O)Cn1ccc(C(=O)C(F)(F)F)c1. The van der Waals surface area contributed by atoms with E-state index >= 15 is 0 Å². The second kappa shape index (κ2) is 4.60. The number of halogens is 3. The van der Waals surface area contributed by atoms with Crippen LogP contribution in [0, 0.1) is 0 Å². The summed E-state index contributed by atoms with van der Waals surface area (Å²) in [6.45, 7) is -0.0991. The van der Waals surface area contributed by atoms with Crippen LogP contribution in [0.1, 0.15) is 10.4 Å². The molecular weight excluding hydrogens is 237 g/mol. The summed E-state index contributed by atoms with van der Waals surface area (Å²) in [6.07, 6.45) is -2.62. The van der Waals surface area contributed by atoms with E-state index in [0.717, 1.165) is 12.3 Å². The molecule has 7 heteroatoms. The van der Waals surface area contributed by atoms with Gasteiger partial charge in [-0.1, -0.05) is 0 Å². The molecular formula is C10H11F3N2O2. The van der Waals surface area contributed by atoms with Crippen molar-refractivity contribution in [3.05, 3.63) is 24.0 Å². The van der Waals surface area contributed by atoms with Crippen molar-refractivity contribution in [2.45, 2.75) is 12.7 Å². The summed E-state index contributed by atoms with van der Waals surface area (Å²) in [7, 11) is 3.07. The van der Waals surface area contributed by atoms with Crippen molar-refractivity contribution in [1.82, 2.24) is 9.47 Å². The number of carbonyl (C=O) groups excluding carboxylic acids is 2. The Labute approximate surface area is 95.6 Å². The lowest BCUT2D eigenvalue weighted by atomic mass is 10.2. The first-order valence-corrected chi connectivity index (χ1v) is 4.69. The molecule has 1 aromatic rings. The van der Waals surface area contributed by atoms with Crippen molar-refractivity contribution >= 4 is 11.7 Å². The number of aromatic nitrogens is 1. The number of rotatable bonds is 3. The third-order valence-electron chi connectivity index (χ3n) is 2.09. The number of carbonyl (C=O) groups is 2. The summed E-state index contributed by atoms with van der Waals surface area (Å²) in [5, 5.41) is 0. The Hall–Kier alpha value is -1.79. The summed E-state index contributed by atoms with van der Waals surface area (Å²) in [5.41, 5.74) is -0.468. The van der Waals surface area contributed by atoms with Crippen LogP contribution in [0.15, 0.2) is 18.5 Å². The van der Waals surface area contributed by atoms with E-state index in [9.17, 15) is 22.8 Å². The predicted molar refractivity (Wildman–Crippen MR) is 53.5 cm³/mol. The number of amides is 1. The van der Waals surface area contributed by atoms with Gasteiger partial charge in [0, 0.05) is 32.1 Å². The molecule has 94 valence electrons. The smallest absolute Gasteiger partial charge is 0.347 e. The van der Waals surface area contributed by atoms with Gasteiger partial charge in [0.1, 0.15) is 6.54 Å². The topological polar surface area (TPSA) is 42.3 Å². The molecule has 1 heterocycles. The van der Waals surface area contributed by atoms with E-state index in [1.807, 2.05) is 0 Å². The normalized spacial score (nSPS) is 11.4. The largest absolute Gasteiger partial charge is 0.454 e. The number of likely N-dealkylation sites (N-methyl/N-ethyl adjacent to an activating group) is 1. The molecule has 1 amide bonds. The molecule has 0 spiro atoms. The van der Waals surface area contributed by atoms with Crippen LogP contribution in [0.3, 0.4) is 0 Å². The Bertz CT molecular complexity index is 435. The van der Waals surface area contributed by atoms with Gasteiger partial charge in [0.2, 0.25) is 5.91 Å². The van der Waals surface area contributed by atoms with Crippen LogP contribution in [-0.2, 0) is 11.3 Å². The minimum atomic E-state index is -4.89. The van der Waals surface area contributed by atoms with Gasteiger partial charge >= 0.3 is 6.18 Å². The van der Waals surface area contributed by atoms with Gasteiger partial charge in [-0.25, -0.2) is 0 Å². The monoisotopic (exact) mass is 248 g/mol. The molecule has 4 nitrogen and oxygen atoms in total.